The van der Waals surface area contributed by atoms with Crippen LogP contribution in [0.15, 0.2) is 6.20 Å². The van der Waals surface area contributed by atoms with Crippen LogP contribution >= 0.6 is 11.3 Å². The summed E-state index contributed by atoms with van der Waals surface area (Å²) < 4.78 is 5.32. The number of hydrogen-bond donors (Lipinski definition) is 1. The number of anilines is 2. The molecule has 1 saturated heterocycles. The van der Waals surface area contributed by atoms with E-state index in [9.17, 15) is 4.79 Å². The molecule has 2 heterocycles. The summed E-state index contributed by atoms with van der Waals surface area (Å²) in [5, 5.41) is 4.74. The molecule has 0 aromatic carbocycles. The van der Waals surface area contributed by atoms with Gasteiger partial charge >= 0.3 is 0 Å². The predicted octanol–water partition coefficient (Wildman–Crippen LogP) is 1.72. The zero-order valence-corrected chi connectivity index (χ0v) is 11.0. The zero-order chi connectivity index (χ0) is 12.4. The first-order chi connectivity index (χ1) is 8.83. The summed E-state index contributed by atoms with van der Waals surface area (Å²) in [6.45, 7) is 3.33. The number of nitrogens with zero attached hydrogens (tertiary/aromatic N) is 2. The van der Waals surface area contributed by atoms with E-state index >= 15 is 0 Å². The van der Waals surface area contributed by atoms with Crippen LogP contribution in [0.4, 0.5) is 10.1 Å². The van der Waals surface area contributed by atoms with E-state index in [0.29, 0.717) is 5.13 Å². The monoisotopic (exact) mass is 267 g/mol. The van der Waals surface area contributed by atoms with Crippen molar-refractivity contribution in [3.8, 4) is 0 Å². The molecule has 0 atom stereocenters. The van der Waals surface area contributed by atoms with Gasteiger partial charge in [0.05, 0.1) is 19.4 Å². The lowest BCUT2D eigenvalue weighted by Crippen LogP contribution is -2.35. The minimum Gasteiger partial charge on any atom is -0.378 e. The highest BCUT2D eigenvalue weighted by atomic mass is 32.1. The van der Waals surface area contributed by atoms with Gasteiger partial charge in [-0.2, -0.15) is 0 Å². The number of amides is 1. The molecule has 0 bridgehead atoms. The van der Waals surface area contributed by atoms with Gasteiger partial charge in [-0.3, -0.25) is 4.79 Å². The van der Waals surface area contributed by atoms with Gasteiger partial charge in [0.2, 0.25) is 5.91 Å². The highest BCUT2D eigenvalue weighted by Gasteiger charge is 2.26. The fraction of sp³-hybridized carbons (Fsp3) is 0.667. The molecule has 0 spiro atoms. The van der Waals surface area contributed by atoms with Crippen molar-refractivity contribution in [2.24, 2.45) is 5.92 Å². The zero-order valence-electron chi connectivity index (χ0n) is 10.2. The molecule has 1 amide bonds. The van der Waals surface area contributed by atoms with Crippen molar-refractivity contribution in [1.29, 1.82) is 0 Å². The summed E-state index contributed by atoms with van der Waals surface area (Å²) in [4.78, 5) is 18.3. The minimum atomic E-state index is 0.129. The van der Waals surface area contributed by atoms with E-state index in [2.05, 4.69) is 15.2 Å². The molecule has 2 fully saturated rings. The Labute approximate surface area is 110 Å². The molecular weight excluding hydrogens is 250 g/mol. The summed E-state index contributed by atoms with van der Waals surface area (Å²) in [6.07, 6.45) is 5.06. The average molecular weight is 267 g/mol. The van der Waals surface area contributed by atoms with Gasteiger partial charge in [0.15, 0.2) is 5.13 Å². The van der Waals surface area contributed by atoms with Gasteiger partial charge in [0.25, 0.3) is 0 Å². The van der Waals surface area contributed by atoms with Crippen LogP contribution in [0.1, 0.15) is 19.3 Å². The van der Waals surface area contributed by atoms with Crippen LogP contribution in [0.3, 0.4) is 0 Å². The van der Waals surface area contributed by atoms with Gasteiger partial charge < -0.3 is 15.0 Å². The number of hydrogen-bond acceptors (Lipinski definition) is 5. The molecule has 1 aromatic rings. The molecule has 2 aliphatic rings. The number of carbonyl (C=O) groups excluding carboxylic acids is 1. The molecule has 18 heavy (non-hydrogen) atoms. The van der Waals surface area contributed by atoms with Gasteiger partial charge in [-0.15, -0.1) is 0 Å². The van der Waals surface area contributed by atoms with Gasteiger partial charge in [-0.1, -0.05) is 17.8 Å². The van der Waals surface area contributed by atoms with Crippen LogP contribution in [0.2, 0.25) is 0 Å². The highest BCUT2D eigenvalue weighted by molar-refractivity contribution is 7.19. The smallest absolute Gasteiger partial charge is 0.229 e. The van der Waals surface area contributed by atoms with Gasteiger partial charge in [-0.25, -0.2) is 4.98 Å². The maximum atomic E-state index is 11.8. The molecule has 6 heteroatoms. The molecule has 0 radical (unpaired) electrons. The van der Waals surface area contributed by atoms with E-state index in [1.807, 2.05) is 6.20 Å². The second kappa shape index (κ2) is 5.24. The van der Waals surface area contributed by atoms with Crippen molar-refractivity contribution in [3.05, 3.63) is 6.20 Å². The van der Waals surface area contributed by atoms with E-state index in [0.717, 1.165) is 44.1 Å². The molecule has 5 nitrogen and oxygen atoms in total. The van der Waals surface area contributed by atoms with Crippen LogP contribution in [0, 0.1) is 5.92 Å². The lowest BCUT2D eigenvalue weighted by Gasteiger charge is -2.26. The summed E-state index contributed by atoms with van der Waals surface area (Å²) >= 11 is 1.55. The van der Waals surface area contributed by atoms with Gasteiger partial charge in [0.1, 0.15) is 5.00 Å². The Kier molecular flexibility index (Phi) is 3.47. The number of carbonyl (C=O) groups is 1. The van der Waals surface area contributed by atoms with Crippen molar-refractivity contribution < 1.29 is 9.53 Å². The first kappa shape index (κ1) is 11.9. The summed E-state index contributed by atoms with van der Waals surface area (Å²) in [5.41, 5.74) is 0. The third-order valence-corrected chi connectivity index (χ3v) is 4.50. The number of thiazole rings is 1. The Balaban J connectivity index is 1.60. The second-order valence-electron chi connectivity index (χ2n) is 4.72. The third-order valence-electron chi connectivity index (χ3n) is 3.52. The molecule has 1 aliphatic heterocycles. The largest absolute Gasteiger partial charge is 0.378 e. The number of rotatable bonds is 3. The Morgan fingerprint density at radius 2 is 2.22 bits per heavy atom. The summed E-state index contributed by atoms with van der Waals surface area (Å²) in [5.74, 6) is 0.338. The van der Waals surface area contributed by atoms with Crippen molar-refractivity contribution in [1.82, 2.24) is 4.98 Å². The standard InChI is InChI=1S/C12H17N3O2S/c16-11(9-2-1-3-9)14-12-13-8-10(18-12)15-4-6-17-7-5-15/h8-9H,1-7H2,(H,13,14,16). The topological polar surface area (TPSA) is 54.5 Å². The third kappa shape index (κ3) is 2.49. The number of ether oxygens (including phenoxy) is 1. The van der Waals surface area contributed by atoms with Gasteiger partial charge in [0, 0.05) is 19.0 Å². The van der Waals surface area contributed by atoms with Crippen LogP contribution in [0.25, 0.3) is 0 Å². The molecule has 0 unspecified atom stereocenters. The fourth-order valence-corrected chi connectivity index (χ4v) is 3.00. The maximum absolute atomic E-state index is 11.8. The molecule has 3 rings (SSSR count). The van der Waals surface area contributed by atoms with E-state index in [1.165, 1.54) is 6.42 Å². The fourth-order valence-electron chi connectivity index (χ4n) is 2.13. The first-order valence-electron chi connectivity index (χ1n) is 6.42. The van der Waals surface area contributed by atoms with Crippen molar-refractivity contribution in [2.75, 3.05) is 36.5 Å². The molecule has 1 N–H and O–H groups in total. The Bertz CT molecular complexity index is 425. The molecule has 98 valence electrons. The Morgan fingerprint density at radius 3 is 2.89 bits per heavy atom. The normalized spacial score (nSPS) is 20.6. The lowest BCUT2D eigenvalue weighted by atomic mass is 9.85. The van der Waals surface area contributed by atoms with Gasteiger partial charge in [-0.05, 0) is 12.8 Å². The molecular formula is C12H17N3O2S. The Hall–Kier alpha value is -1.14. The minimum absolute atomic E-state index is 0.129. The van der Waals surface area contributed by atoms with E-state index in [-0.39, 0.29) is 11.8 Å². The lowest BCUT2D eigenvalue weighted by molar-refractivity contribution is -0.122. The van der Waals surface area contributed by atoms with E-state index < -0.39 is 0 Å². The SMILES string of the molecule is O=C(Nc1ncc(N2CCOCC2)s1)C1CCC1. The number of morpholine rings is 1. The molecule has 1 saturated carbocycles. The number of aromatic nitrogens is 1. The maximum Gasteiger partial charge on any atom is 0.229 e. The Morgan fingerprint density at radius 1 is 1.44 bits per heavy atom. The second-order valence-corrected chi connectivity index (χ2v) is 5.73. The first-order valence-corrected chi connectivity index (χ1v) is 7.24. The average Bonchev–Trinajstić information content (AvgIpc) is 2.76. The predicted molar refractivity (Wildman–Crippen MR) is 71.1 cm³/mol. The molecule has 1 aliphatic carbocycles. The quantitative estimate of drug-likeness (QED) is 0.906. The molecule has 1 aromatic heterocycles. The number of nitrogens with one attached hydrogen (secondary N) is 1. The van der Waals surface area contributed by atoms with E-state index in [4.69, 9.17) is 4.74 Å². The van der Waals surface area contributed by atoms with Crippen LogP contribution in [0.5, 0.6) is 0 Å². The van der Waals surface area contributed by atoms with Crippen molar-refractivity contribution in [3.63, 3.8) is 0 Å². The summed E-state index contributed by atoms with van der Waals surface area (Å²) in [6, 6.07) is 0. The van der Waals surface area contributed by atoms with E-state index in [1.54, 1.807) is 11.3 Å². The summed E-state index contributed by atoms with van der Waals surface area (Å²) in [7, 11) is 0. The van der Waals surface area contributed by atoms with Crippen LogP contribution < -0.4 is 10.2 Å². The van der Waals surface area contributed by atoms with Crippen LogP contribution in [-0.2, 0) is 9.53 Å². The van der Waals surface area contributed by atoms with Crippen LogP contribution in [-0.4, -0.2) is 37.2 Å². The van der Waals surface area contributed by atoms with Crippen molar-refractivity contribution in [2.45, 2.75) is 19.3 Å². The highest BCUT2D eigenvalue weighted by Crippen LogP contribution is 2.31. The van der Waals surface area contributed by atoms with Crippen molar-refractivity contribution >= 4 is 27.4 Å².